The van der Waals surface area contributed by atoms with Crippen molar-refractivity contribution in [2.24, 2.45) is 0 Å². The molecular weight excluding hydrogens is 191 g/mol. The molecule has 0 radical (unpaired) electrons. The van der Waals surface area contributed by atoms with Crippen LogP contribution in [0.1, 0.15) is 45.4 Å². The predicted molar refractivity (Wildman–Crippen MR) is 50.1 cm³/mol. The number of halogens is 3. The monoisotopic (exact) mass is 209 g/mol. The highest BCUT2D eigenvalue weighted by Crippen LogP contribution is 2.23. The summed E-state index contributed by atoms with van der Waals surface area (Å²) in [6, 6.07) is -0.140. The first-order valence-corrected chi connectivity index (χ1v) is 5.30. The quantitative estimate of drug-likeness (QED) is 0.752. The van der Waals surface area contributed by atoms with Gasteiger partial charge in [0, 0.05) is 12.1 Å². The summed E-state index contributed by atoms with van der Waals surface area (Å²) in [6.45, 7) is 1.61. The van der Waals surface area contributed by atoms with Crippen LogP contribution in [-0.2, 0) is 0 Å². The van der Waals surface area contributed by atoms with Gasteiger partial charge in [-0.05, 0) is 19.8 Å². The van der Waals surface area contributed by atoms with Gasteiger partial charge in [0.05, 0.1) is 6.42 Å². The Morgan fingerprint density at radius 1 is 1.21 bits per heavy atom. The molecule has 0 bridgehead atoms. The molecule has 14 heavy (non-hydrogen) atoms. The third-order valence-corrected chi connectivity index (χ3v) is 2.66. The maximum Gasteiger partial charge on any atom is 0.390 e. The van der Waals surface area contributed by atoms with E-state index in [1.54, 1.807) is 6.92 Å². The van der Waals surface area contributed by atoms with Gasteiger partial charge in [-0.15, -0.1) is 0 Å². The SMILES string of the molecule is CC(CC(F)(F)F)NC1CCCCC1. The predicted octanol–water partition coefficient (Wildman–Crippen LogP) is 3.25. The molecule has 0 saturated heterocycles. The Hall–Kier alpha value is -0.250. The second-order valence-electron chi connectivity index (χ2n) is 4.22. The summed E-state index contributed by atoms with van der Waals surface area (Å²) in [5, 5.41) is 3.06. The van der Waals surface area contributed by atoms with E-state index in [0.717, 1.165) is 25.7 Å². The van der Waals surface area contributed by atoms with E-state index in [1.807, 2.05) is 0 Å². The molecule has 0 heterocycles. The first-order valence-electron chi connectivity index (χ1n) is 5.30. The minimum Gasteiger partial charge on any atom is -0.311 e. The molecule has 1 fully saturated rings. The zero-order chi connectivity index (χ0) is 10.6. The van der Waals surface area contributed by atoms with Gasteiger partial charge in [-0.3, -0.25) is 0 Å². The summed E-state index contributed by atoms with van der Waals surface area (Å²) in [6.07, 6.45) is 0.827. The molecule has 0 aromatic carbocycles. The molecule has 84 valence electrons. The van der Waals surface area contributed by atoms with Crippen LogP contribution in [0.15, 0.2) is 0 Å². The van der Waals surface area contributed by atoms with Gasteiger partial charge in [-0.25, -0.2) is 0 Å². The van der Waals surface area contributed by atoms with Crippen molar-refractivity contribution in [3.63, 3.8) is 0 Å². The van der Waals surface area contributed by atoms with Crippen molar-refractivity contribution in [1.29, 1.82) is 0 Å². The minimum absolute atomic E-state index is 0.307. The summed E-state index contributed by atoms with van der Waals surface area (Å²) >= 11 is 0. The van der Waals surface area contributed by atoms with E-state index in [2.05, 4.69) is 5.32 Å². The van der Waals surface area contributed by atoms with Crippen LogP contribution >= 0.6 is 0 Å². The summed E-state index contributed by atoms with van der Waals surface area (Å²) in [4.78, 5) is 0. The van der Waals surface area contributed by atoms with Gasteiger partial charge in [-0.1, -0.05) is 19.3 Å². The second kappa shape index (κ2) is 5.01. The van der Waals surface area contributed by atoms with Crippen LogP contribution in [0.25, 0.3) is 0 Å². The Morgan fingerprint density at radius 3 is 2.29 bits per heavy atom. The zero-order valence-electron chi connectivity index (χ0n) is 8.53. The fourth-order valence-electron chi connectivity index (χ4n) is 2.08. The average Bonchev–Trinajstić information content (AvgIpc) is 2.02. The largest absolute Gasteiger partial charge is 0.390 e. The van der Waals surface area contributed by atoms with E-state index in [1.165, 1.54) is 6.42 Å². The molecule has 1 rings (SSSR count). The molecule has 1 aliphatic rings. The van der Waals surface area contributed by atoms with E-state index in [4.69, 9.17) is 0 Å². The minimum atomic E-state index is -4.04. The molecule has 0 amide bonds. The van der Waals surface area contributed by atoms with E-state index < -0.39 is 18.6 Å². The first kappa shape index (κ1) is 11.8. The van der Waals surface area contributed by atoms with Crippen LogP contribution in [0.2, 0.25) is 0 Å². The van der Waals surface area contributed by atoms with Crippen molar-refractivity contribution in [2.45, 2.75) is 63.7 Å². The number of hydrogen-bond donors (Lipinski definition) is 1. The molecule has 0 aromatic heterocycles. The standard InChI is InChI=1S/C10H18F3N/c1-8(7-10(11,12)13)14-9-5-3-2-4-6-9/h8-9,14H,2-7H2,1H3. The van der Waals surface area contributed by atoms with Gasteiger partial charge in [-0.2, -0.15) is 13.2 Å². The Morgan fingerprint density at radius 2 is 1.79 bits per heavy atom. The molecule has 4 heteroatoms. The number of alkyl halides is 3. The van der Waals surface area contributed by atoms with Crippen molar-refractivity contribution < 1.29 is 13.2 Å². The molecular formula is C10H18F3N. The summed E-state index contributed by atoms with van der Waals surface area (Å²) < 4.78 is 36.1. The maximum absolute atomic E-state index is 12.0. The zero-order valence-corrected chi connectivity index (χ0v) is 8.53. The Labute approximate surface area is 83.1 Å². The van der Waals surface area contributed by atoms with Crippen LogP contribution in [0.5, 0.6) is 0 Å². The molecule has 0 aromatic rings. The van der Waals surface area contributed by atoms with Crippen molar-refractivity contribution in [3.8, 4) is 0 Å². The van der Waals surface area contributed by atoms with Crippen LogP contribution in [-0.4, -0.2) is 18.3 Å². The summed E-state index contributed by atoms with van der Waals surface area (Å²) in [5.74, 6) is 0. The highest BCUT2D eigenvalue weighted by molar-refractivity contribution is 4.76. The first-order chi connectivity index (χ1) is 6.47. The molecule has 1 aliphatic carbocycles. The van der Waals surface area contributed by atoms with Crippen molar-refractivity contribution in [3.05, 3.63) is 0 Å². The number of rotatable bonds is 3. The molecule has 1 nitrogen and oxygen atoms in total. The molecule has 1 N–H and O–H groups in total. The summed E-state index contributed by atoms with van der Waals surface area (Å²) in [7, 11) is 0. The van der Waals surface area contributed by atoms with Gasteiger partial charge in [0.25, 0.3) is 0 Å². The lowest BCUT2D eigenvalue weighted by molar-refractivity contribution is -0.139. The summed E-state index contributed by atoms with van der Waals surface area (Å²) in [5.41, 5.74) is 0. The Kier molecular flexibility index (Phi) is 4.23. The molecule has 0 spiro atoms. The highest BCUT2D eigenvalue weighted by Gasteiger charge is 2.30. The van der Waals surface area contributed by atoms with Crippen LogP contribution in [0.4, 0.5) is 13.2 Å². The highest BCUT2D eigenvalue weighted by atomic mass is 19.4. The van der Waals surface area contributed by atoms with Gasteiger partial charge in [0.1, 0.15) is 0 Å². The number of nitrogens with one attached hydrogen (secondary N) is 1. The van der Waals surface area contributed by atoms with Crippen molar-refractivity contribution in [1.82, 2.24) is 5.32 Å². The normalized spacial score (nSPS) is 22.3. The van der Waals surface area contributed by atoms with Gasteiger partial charge in [0.2, 0.25) is 0 Å². The van der Waals surface area contributed by atoms with Crippen LogP contribution in [0, 0.1) is 0 Å². The Balaban J connectivity index is 2.21. The maximum atomic E-state index is 12.0. The topological polar surface area (TPSA) is 12.0 Å². The van der Waals surface area contributed by atoms with E-state index in [0.29, 0.717) is 6.04 Å². The fraction of sp³-hybridized carbons (Fsp3) is 1.00. The van der Waals surface area contributed by atoms with E-state index >= 15 is 0 Å². The van der Waals surface area contributed by atoms with Crippen LogP contribution in [0.3, 0.4) is 0 Å². The van der Waals surface area contributed by atoms with Crippen LogP contribution < -0.4 is 5.32 Å². The fourth-order valence-corrected chi connectivity index (χ4v) is 2.08. The van der Waals surface area contributed by atoms with Gasteiger partial charge < -0.3 is 5.32 Å². The van der Waals surface area contributed by atoms with Crippen molar-refractivity contribution >= 4 is 0 Å². The number of hydrogen-bond acceptors (Lipinski definition) is 1. The van der Waals surface area contributed by atoms with Gasteiger partial charge in [0.15, 0.2) is 0 Å². The molecule has 1 unspecified atom stereocenters. The smallest absolute Gasteiger partial charge is 0.311 e. The lowest BCUT2D eigenvalue weighted by Crippen LogP contribution is -2.40. The lowest BCUT2D eigenvalue weighted by atomic mass is 9.95. The van der Waals surface area contributed by atoms with E-state index in [-0.39, 0.29) is 0 Å². The molecule has 1 saturated carbocycles. The second-order valence-corrected chi connectivity index (χ2v) is 4.22. The van der Waals surface area contributed by atoms with Gasteiger partial charge >= 0.3 is 6.18 Å². The third kappa shape index (κ3) is 4.84. The van der Waals surface area contributed by atoms with Crippen molar-refractivity contribution in [2.75, 3.05) is 0 Å². The lowest BCUT2D eigenvalue weighted by Gasteiger charge is -2.27. The van der Waals surface area contributed by atoms with E-state index in [9.17, 15) is 13.2 Å². The third-order valence-electron chi connectivity index (χ3n) is 2.66. The average molecular weight is 209 g/mol. The molecule has 1 atom stereocenters. The Bertz CT molecular complexity index is 161. The molecule has 0 aliphatic heterocycles.